The molecule has 212 valence electrons. The highest BCUT2D eigenvalue weighted by Crippen LogP contribution is 2.32. The number of piperidine rings is 2. The summed E-state index contributed by atoms with van der Waals surface area (Å²) >= 11 is 12.1. The molecule has 3 heterocycles. The number of benzene rings is 2. The van der Waals surface area contributed by atoms with Crippen LogP contribution in [0.5, 0.6) is 0 Å². The molecule has 1 aromatic heterocycles. The van der Waals surface area contributed by atoms with Crippen molar-refractivity contribution in [3.05, 3.63) is 81.6 Å². The smallest absolute Gasteiger partial charge is 0.339 e. The SMILES string of the molecule is O=C(O)c1cnc(N2CCC(Cc3ccccc3)CC2)nc1CC1CCN(S(=O)(=O)c2ccc(Cl)cc2Cl)CC1. The summed E-state index contributed by atoms with van der Waals surface area (Å²) in [7, 11) is -3.76. The van der Waals surface area contributed by atoms with Gasteiger partial charge in [0.1, 0.15) is 4.90 Å². The van der Waals surface area contributed by atoms with E-state index in [2.05, 4.69) is 34.1 Å². The Kier molecular flexibility index (Phi) is 8.95. The zero-order chi connectivity index (χ0) is 28.3. The predicted octanol–water partition coefficient (Wildman–Crippen LogP) is 5.58. The molecule has 3 aromatic rings. The van der Waals surface area contributed by atoms with Gasteiger partial charge >= 0.3 is 5.97 Å². The summed E-state index contributed by atoms with van der Waals surface area (Å²) in [6.07, 6.45) is 6.16. The van der Waals surface area contributed by atoms with Gasteiger partial charge in [-0.2, -0.15) is 4.31 Å². The second kappa shape index (κ2) is 12.4. The molecule has 0 amide bonds. The van der Waals surface area contributed by atoms with E-state index in [1.165, 1.54) is 34.3 Å². The van der Waals surface area contributed by atoms with Crippen molar-refractivity contribution in [2.45, 2.75) is 43.4 Å². The highest BCUT2D eigenvalue weighted by molar-refractivity contribution is 7.89. The van der Waals surface area contributed by atoms with Gasteiger partial charge in [0, 0.05) is 37.4 Å². The van der Waals surface area contributed by atoms with Gasteiger partial charge in [0.05, 0.1) is 16.3 Å². The van der Waals surface area contributed by atoms with Crippen LogP contribution < -0.4 is 4.90 Å². The topological polar surface area (TPSA) is 104 Å². The van der Waals surface area contributed by atoms with Crippen molar-refractivity contribution < 1.29 is 18.3 Å². The minimum Gasteiger partial charge on any atom is -0.478 e. The Balaban J connectivity index is 1.22. The number of rotatable bonds is 8. The molecule has 5 rings (SSSR count). The second-order valence-corrected chi connectivity index (χ2v) is 13.3. The van der Waals surface area contributed by atoms with Gasteiger partial charge in [0.2, 0.25) is 16.0 Å². The van der Waals surface area contributed by atoms with Crippen LogP contribution in [0, 0.1) is 11.8 Å². The number of nitrogens with zero attached hydrogens (tertiary/aromatic N) is 4. The lowest BCUT2D eigenvalue weighted by atomic mass is 9.90. The van der Waals surface area contributed by atoms with Crippen LogP contribution in [-0.4, -0.2) is 59.9 Å². The van der Waals surface area contributed by atoms with Crippen LogP contribution in [0.1, 0.15) is 47.3 Å². The second-order valence-electron chi connectivity index (χ2n) is 10.6. The first kappa shape index (κ1) is 28.8. The molecule has 2 aliphatic rings. The first-order valence-corrected chi connectivity index (χ1v) is 15.7. The van der Waals surface area contributed by atoms with Crippen molar-refractivity contribution in [3.63, 3.8) is 0 Å². The number of hydrogen-bond acceptors (Lipinski definition) is 6. The Morgan fingerprint density at radius 2 is 1.57 bits per heavy atom. The van der Waals surface area contributed by atoms with Gasteiger partial charge in [-0.25, -0.2) is 23.2 Å². The van der Waals surface area contributed by atoms with Crippen LogP contribution in [0.25, 0.3) is 0 Å². The molecule has 40 heavy (non-hydrogen) atoms. The Hall–Kier alpha value is -2.72. The molecule has 0 bridgehead atoms. The van der Waals surface area contributed by atoms with Crippen LogP contribution in [0.3, 0.4) is 0 Å². The number of anilines is 1. The number of halogens is 2. The number of carboxylic acids is 1. The minimum atomic E-state index is -3.76. The average Bonchev–Trinajstić information content (AvgIpc) is 2.94. The summed E-state index contributed by atoms with van der Waals surface area (Å²) in [4.78, 5) is 23.3. The van der Waals surface area contributed by atoms with Gasteiger partial charge in [-0.3, -0.25) is 0 Å². The summed E-state index contributed by atoms with van der Waals surface area (Å²) in [5.41, 5.74) is 1.96. The summed E-state index contributed by atoms with van der Waals surface area (Å²) in [6.45, 7) is 2.29. The highest BCUT2D eigenvalue weighted by Gasteiger charge is 2.32. The lowest BCUT2D eigenvalue weighted by Crippen LogP contribution is -2.39. The van der Waals surface area contributed by atoms with E-state index in [4.69, 9.17) is 28.2 Å². The van der Waals surface area contributed by atoms with Crippen LogP contribution in [0.15, 0.2) is 59.6 Å². The summed E-state index contributed by atoms with van der Waals surface area (Å²) in [6, 6.07) is 14.9. The van der Waals surface area contributed by atoms with Crippen molar-refractivity contribution in [2.75, 3.05) is 31.1 Å². The van der Waals surface area contributed by atoms with E-state index in [9.17, 15) is 18.3 Å². The molecule has 2 aliphatic heterocycles. The predicted molar refractivity (Wildman–Crippen MR) is 156 cm³/mol. The van der Waals surface area contributed by atoms with E-state index in [1.807, 2.05) is 6.07 Å². The normalized spacial score (nSPS) is 17.7. The lowest BCUT2D eigenvalue weighted by Gasteiger charge is -2.33. The maximum Gasteiger partial charge on any atom is 0.339 e. The summed E-state index contributed by atoms with van der Waals surface area (Å²) in [5, 5.41) is 10.3. The molecule has 0 radical (unpaired) electrons. The molecular weight excluding hydrogens is 571 g/mol. The highest BCUT2D eigenvalue weighted by atomic mass is 35.5. The lowest BCUT2D eigenvalue weighted by molar-refractivity contribution is 0.0694. The van der Waals surface area contributed by atoms with Crippen LogP contribution >= 0.6 is 23.2 Å². The molecule has 2 aromatic carbocycles. The van der Waals surface area contributed by atoms with E-state index in [1.54, 1.807) is 0 Å². The van der Waals surface area contributed by atoms with Crippen LogP contribution in [0.2, 0.25) is 10.0 Å². The number of carbonyl (C=O) groups is 1. The van der Waals surface area contributed by atoms with Gasteiger partial charge in [-0.15, -0.1) is 0 Å². The monoisotopic (exact) mass is 602 g/mol. The largest absolute Gasteiger partial charge is 0.478 e. The Labute approximate surface area is 245 Å². The van der Waals surface area contributed by atoms with Gasteiger partial charge in [0.25, 0.3) is 0 Å². The number of sulfonamides is 1. The van der Waals surface area contributed by atoms with Gasteiger partial charge in [-0.05, 0) is 74.1 Å². The summed E-state index contributed by atoms with van der Waals surface area (Å²) < 4.78 is 27.8. The Morgan fingerprint density at radius 1 is 0.925 bits per heavy atom. The number of aromatic carboxylic acids is 1. The van der Waals surface area contributed by atoms with Gasteiger partial charge in [0.15, 0.2) is 0 Å². The minimum absolute atomic E-state index is 0.0400. The van der Waals surface area contributed by atoms with Crippen LogP contribution in [0.4, 0.5) is 5.95 Å². The molecule has 0 unspecified atom stereocenters. The molecule has 0 saturated carbocycles. The number of carboxylic acid groups (broad SMARTS) is 1. The molecule has 0 aliphatic carbocycles. The van der Waals surface area contributed by atoms with E-state index >= 15 is 0 Å². The van der Waals surface area contributed by atoms with Crippen molar-refractivity contribution in [2.24, 2.45) is 11.8 Å². The van der Waals surface area contributed by atoms with Crippen molar-refractivity contribution in [1.29, 1.82) is 0 Å². The fraction of sp³-hybridized carbons (Fsp3) is 0.414. The maximum absolute atomic E-state index is 13.2. The summed E-state index contributed by atoms with van der Waals surface area (Å²) in [5.74, 6) is 0.210. The molecule has 8 nitrogen and oxygen atoms in total. The molecule has 2 fully saturated rings. The van der Waals surface area contributed by atoms with Crippen molar-refractivity contribution in [1.82, 2.24) is 14.3 Å². The molecule has 2 saturated heterocycles. The molecular formula is C29H32Cl2N4O4S. The zero-order valence-corrected chi connectivity index (χ0v) is 24.4. The van der Waals surface area contributed by atoms with E-state index < -0.39 is 16.0 Å². The van der Waals surface area contributed by atoms with Crippen molar-refractivity contribution >= 4 is 45.1 Å². The third-order valence-electron chi connectivity index (χ3n) is 7.92. The average molecular weight is 604 g/mol. The first-order valence-electron chi connectivity index (χ1n) is 13.5. The fourth-order valence-electron chi connectivity index (χ4n) is 5.63. The van der Waals surface area contributed by atoms with Crippen molar-refractivity contribution in [3.8, 4) is 0 Å². The third-order valence-corrected chi connectivity index (χ3v) is 10.5. The van der Waals surface area contributed by atoms with Gasteiger partial charge < -0.3 is 10.0 Å². The molecule has 0 atom stereocenters. The van der Waals surface area contributed by atoms with Crippen LogP contribution in [-0.2, 0) is 22.9 Å². The molecule has 0 spiro atoms. The van der Waals surface area contributed by atoms with E-state index in [0.29, 0.717) is 54.9 Å². The number of aromatic nitrogens is 2. The van der Waals surface area contributed by atoms with Gasteiger partial charge in [-0.1, -0.05) is 53.5 Å². The number of hydrogen-bond donors (Lipinski definition) is 1. The molecule has 1 N–H and O–H groups in total. The Bertz CT molecular complexity index is 1460. The maximum atomic E-state index is 13.2. The third kappa shape index (κ3) is 6.60. The van der Waals surface area contributed by atoms with E-state index in [0.717, 1.165) is 32.4 Å². The first-order chi connectivity index (χ1) is 19.2. The zero-order valence-electron chi connectivity index (χ0n) is 22.0. The molecule has 11 heteroatoms. The Morgan fingerprint density at radius 3 is 2.23 bits per heavy atom. The fourth-order valence-corrected chi connectivity index (χ4v) is 7.84. The van der Waals surface area contributed by atoms with E-state index in [-0.39, 0.29) is 21.4 Å². The standard InChI is InChI=1S/C29H32Cl2N4O4S/c30-23-6-7-27(25(31)18-23)40(38,39)35-14-10-22(11-15-35)17-26-24(28(36)37)19-32-29(33-26)34-12-8-21(9-13-34)16-20-4-2-1-3-5-20/h1-7,18-19,21-22H,8-17H2,(H,36,37). The quantitative estimate of drug-likeness (QED) is 0.358.